The second-order valence-electron chi connectivity index (χ2n) is 5.74. The van der Waals surface area contributed by atoms with E-state index >= 15 is 0 Å². The van der Waals surface area contributed by atoms with Gasteiger partial charge in [0.2, 0.25) is 0 Å². The number of carbonyl (C=O) groups is 2. The van der Waals surface area contributed by atoms with Crippen LogP contribution in [0.3, 0.4) is 0 Å². The van der Waals surface area contributed by atoms with E-state index < -0.39 is 0 Å². The Bertz CT molecular complexity index is 704. The first-order chi connectivity index (χ1) is 12.2. The molecular weight excluding hydrogens is 320 g/mol. The normalized spacial score (nSPS) is 14.3. The van der Waals surface area contributed by atoms with Gasteiger partial charge in [-0.05, 0) is 43.3 Å². The van der Waals surface area contributed by atoms with E-state index in [2.05, 4.69) is 5.32 Å². The van der Waals surface area contributed by atoms with Gasteiger partial charge in [-0.1, -0.05) is 0 Å². The Morgan fingerprint density at radius 3 is 2.20 bits per heavy atom. The Kier molecular flexibility index (Phi) is 5.23. The van der Waals surface area contributed by atoms with Crippen molar-refractivity contribution in [2.45, 2.75) is 6.92 Å². The maximum atomic E-state index is 12.4. The molecule has 7 nitrogen and oxygen atoms in total. The molecule has 1 aromatic carbocycles. The first-order valence-corrected chi connectivity index (χ1v) is 8.38. The van der Waals surface area contributed by atoms with Crippen LogP contribution in [-0.2, 0) is 4.74 Å². The monoisotopic (exact) mass is 342 g/mol. The zero-order valence-corrected chi connectivity index (χ0v) is 14.2. The van der Waals surface area contributed by atoms with Crippen LogP contribution < -0.4 is 5.32 Å². The van der Waals surface area contributed by atoms with Crippen LogP contribution in [0.1, 0.15) is 6.92 Å². The predicted molar refractivity (Wildman–Crippen MR) is 95.0 cm³/mol. The molecule has 3 amide bonds. The van der Waals surface area contributed by atoms with Crippen LogP contribution in [0, 0.1) is 0 Å². The van der Waals surface area contributed by atoms with Crippen molar-refractivity contribution in [2.24, 2.45) is 0 Å². The van der Waals surface area contributed by atoms with Gasteiger partial charge in [-0.25, -0.2) is 9.59 Å². The molecule has 7 heteroatoms. The van der Waals surface area contributed by atoms with E-state index in [0.29, 0.717) is 32.8 Å². The standard InChI is InChI=1S/C18H22N4O3/c1-2-25-18(24)22-13-11-21(12-14-22)17(23)19-15-5-7-16(8-6-15)20-9-3-4-10-20/h3-10H,2,11-14H2,1H3,(H,19,23). The summed E-state index contributed by atoms with van der Waals surface area (Å²) in [6.45, 7) is 4.09. The van der Waals surface area contributed by atoms with Gasteiger partial charge in [0.05, 0.1) is 6.61 Å². The van der Waals surface area contributed by atoms with Crippen LogP contribution in [0.4, 0.5) is 15.3 Å². The highest BCUT2D eigenvalue weighted by molar-refractivity contribution is 5.89. The minimum atomic E-state index is -0.317. The van der Waals surface area contributed by atoms with Crippen LogP contribution in [0.2, 0.25) is 0 Å². The smallest absolute Gasteiger partial charge is 0.409 e. The van der Waals surface area contributed by atoms with Crippen LogP contribution in [-0.4, -0.2) is 59.3 Å². The third-order valence-electron chi connectivity index (χ3n) is 4.11. The summed E-state index contributed by atoms with van der Waals surface area (Å²) in [6, 6.07) is 11.4. The zero-order valence-electron chi connectivity index (χ0n) is 14.2. The fraction of sp³-hybridized carbons (Fsp3) is 0.333. The van der Waals surface area contributed by atoms with E-state index in [1.807, 2.05) is 53.4 Å². The number of anilines is 1. The van der Waals surface area contributed by atoms with E-state index in [9.17, 15) is 9.59 Å². The molecule has 2 aromatic rings. The molecular formula is C18H22N4O3. The highest BCUT2D eigenvalue weighted by Crippen LogP contribution is 2.14. The number of benzene rings is 1. The van der Waals surface area contributed by atoms with Gasteiger partial charge >= 0.3 is 12.1 Å². The number of piperazine rings is 1. The van der Waals surface area contributed by atoms with E-state index in [1.54, 1.807) is 16.7 Å². The molecule has 1 N–H and O–H groups in total. The molecule has 0 saturated carbocycles. The highest BCUT2D eigenvalue weighted by Gasteiger charge is 2.24. The van der Waals surface area contributed by atoms with Crippen molar-refractivity contribution in [3.63, 3.8) is 0 Å². The number of hydrogen-bond donors (Lipinski definition) is 1. The summed E-state index contributed by atoms with van der Waals surface area (Å²) in [5, 5.41) is 2.90. The fourth-order valence-corrected chi connectivity index (χ4v) is 2.73. The van der Waals surface area contributed by atoms with Gasteiger partial charge in [0.15, 0.2) is 0 Å². The Morgan fingerprint density at radius 1 is 1.00 bits per heavy atom. The number of aromatic nitrogens is 1. The summed E-state index contributed by atoms with van der Waals surface area (Å²) in [5.74, 6) is 0. The second-order valence-corrected chi connectivity index (χ2v) is 5.74. The van der Waals surface area contributed by atoms with Crippen LogP contribution in [0.5, 0.6) is 0 Å². The first-order valence-electron chi connectivity index (χ1n) is 8.38. The topological polar surface area (TPSA) is 66.8 Å². The van der Waals surface area contributed by atoms with Crippen molar-refractivity contribution >= 4 is 17.8 Å². The number of carbonyl (C=O) groups excluding carboxylic acids is 2. The van der Waals surface area contributed by atoms with Crippen molar-refractivity contribution in [1.82, 2.24) is 14.4 Å². The number of hydrogen-bond acceptors (Lipinski definition) is 3. The summed E-state index contributed by atoms with van der Waals surface area (Å²) < 4.78 is 6.98. The molecule has 1 aromatic heterocycles. The Hall–Kier alpha value is -2.96. The number of rotatable bonds is 3. The zero-order chi connectivity index (χ0) is 17.6. The predicted octanol–water partition coefficient (Wildman–Crippen LogP) is 2.78. The maximum absolute atomic E-state index is 12.4. The van der Waals surface area contributed by atoms with Crippen molar-refractivity contribution in [3.05, 3.63) is 48.8 Å². The molecule has 0 spiro atoms. The molecule has 2 heterocycles. The van der Waals surface area contributed by atoms with Gasteiger partial charge in [-0.15, -0.1) is 0 Å². The Balaban J connectivity index is 1.52. The molecule has 1 aliphatic rings. The number of amides is 3. The first kappa shape index (κ1) is 16.9. The van der Waals surface area contributed by atoms with E-state index in [1.165, 1.54) is 0 Å². The van der Waals surface area contributed by atoms with Gasteiger partial charge in [-0.2, -0.15) is 0 Å². The average molecular weight is 342 g/mol. The lowest BCUT2D eigenvalue weighted by Gasteiger charge is -2.34. The molecule has 132 valence electrons. The molecule has 0 atom stereocenters. The van der Waals surface area contributed by atoms with Gasteiger partial charge in [0.25, 0.3) is 0 Å². The summed E-state index contributed by atoms with van der Waals surface area (Å²) >= 11 is 0. The quantitative estimate of drug-likeness (QED) is 0.933. The third-order valence-corrected chi connectivity index (χ3v) is 4.11. The number of ether oxygens (including phenoxy) is 1. The lowest BCUT2D eigenvalue weighted by Crippen LogP contribution is -2.51. The van der Waals surface area contributed by atoms with E-state index in [-0.39, 0.29) is 12.1 Å². The molecule has 1 fully saturated rings. The van der Waals surface area contributed by atoms with Crippen LogP contribution >= 0.6 is 0 Å². The summed E-state index contributed by atoms with van der Waals surface area (Å²) in [4.78, 5) is 27.4. The van der Waals surface area contributed by atoms with E-state index in [0.717, 1.165) is 11.4 Å². The molecule has 0 unspecified atom stereocenters. The fourth-order valence-electron chi connectivity index (χ4n) is 2.73. The highest BCUT2D eigenvalue weighted by atomic mass is 16.6. The summed E-state index contributed by atoms with van der Waals surface area (Å²) in [6.07, 6.45) is 3.62. The van der Waals surface area contributed by atoms with Gasteiger partial charge in [0, 0.05) is 49.9 Å². The molecule has 0 aliphatic carbocycles. The van der Waals surface area contributed by atoms with E-state index in [4.69, 9.17) is 4.74 Å². The van der Waals surface area contributed by atoms with Crippen molar-refractivity contribution in [2.75, 3.05) is 38.1 Å². The average Bonchev–Trinajstić information content (AvgIpc) is 3.17. The van der Waals surface area contributed by atoms with Crippen molar-refractivity contribution in [3.8, 4) is 5.69 Å². The molecule has 1 aliphatic heterocycles. The SMILES string of the molecule is CCOC(=O)N1CCN(C(=O)Nc2ccc(-n3cccc3)cc2)CC1. The largest absolute Gasteiger partial charge is 0.450 e. The maximum Gasteiger partial charge on any atom is 0.409 e. The molecule has 1 saturated heterocycles. The Morgan fingerprint density at radius 2 is 1.60 bits per heavy atom. The van der Waals surface area contributed by atoms with Crippen molar-refractivity contribution < 1.29 is 14.3 Å². The minimum Gasteiger partial charge on any atom is -0.450 e. The molecule has 0 bridgehead atoms. The summed E-state index contributed by atoms with van der Waals surface area (Å²) in [7, 11) is 0. The van der Waals surface area contributed by atoms with Gasteiger partial charge in [-0.3, -0.25) is 0 Å². The number of nitrogens with one attached hydrogen (secondary N) is 1. The van der Waals surface area contributed by atoms with Gasteiger partial charge in [0.1, 0.15) is 0 Å². The minimum absolute atomic E-state index is 0.155. The lowest BCUT2D eigenvalue weighted by molar-refractivity contribution is 0.0868. The van der Waals surface area contributed by atoms with Crippen LogP contribution in [0.25, 0.3) is 5.69 Å². The summed E-state index contributed by atoms with van der Waals surface area (Å²) in [5.41, 5.74) is 1.78. The molecule has 0 radical (unpaired) electrons. The van der Waals surface area contributed by atoms with Crippen molar-refractivity contribution in [1.29, 1.82) is 0 Å². The van der Waals surface area contributed by atoms with Gasteiger partial charge < -0.3 is 24.4 Å². The Labute approximate surface area is 146 Å². The van der Waals surface area contributed by atoms with Crippen LogP contribution in [0.15, 0.2) is 48.8 Å². The number of nitrogens with zero attached hydrogens (tertiary/aromatic N) is 3. The second kappa shape index (κ2) is 7.74. The lowest BCUT2D eigenvalue weighted by atomic mass is 10.2. The molecule has 3 rings (SSSR count). The third kappa shape index (κ3) is 4.12. The molecule has 25 heavy (non-hydrogen) atoms. The number of urea groups is 1.